The lowest BCUT2D eigenvalue weighted by molar-refractivity contribution is -0.135. The van der Waals surface area contributed by atoms with Crippen molar-refractivity contribution in [3.63, 3.8) is 0 Å². The minimum absolute atomic E-state index is 0.0612. The Morgan fingerprint density at radius 3 is 2.22 bits per heavy atom. The number of benzene rings is 1. The maximum absolute atomic E-state index is 13.5. The first-order valence-corrected chi connectivity index (χ1v) is 10.9. The number of methoxy groups -OCH3 is 2. The van der Waals surface area contributed by atoms with Gasteiger partial charge in [0.1, 0.15) is 6.04 Å². The molecule has 7 nitrogen and oxygen atoms in total. The highest BCUT2D eigenvalue weighted by Gasteiger charge is 2.40. The Bertz CT molecular complexity index is 803. The molecule has 1 aromatic rings. The quantitative estimate of drug-likeness (QED) is 0.762. The van der Waals surface area contributed by atoms with Crippen molar-refractivity contribution in [2.24, 2.45) is 0 Å². The molecule has 1 atom stereocenters. The van der Waals surface area contributed by atoms with E-state index in [4.69, 9.17) is 9.47 Å². The van der Waals surface area contributed by atoms with Crippen LogP contribution in [0.1, 0.15) is 37.7 Å². The molecular formula is C19H28N2O5S. The summed E-state index contributed by atoms with van der Waals surface area (Å²) in [6.45, 7) is 3.54. The molecule has 0 aromatic heterocycles. The molecule has 2 aliphatic heterocycles. The lowest BCUT2D eigenvalue weighted by atomic mass is 10.0. The number of nitrogens with zero attached hydrogens (tertiary/aromatic N) is 2. The number of ether oxygens (including phenoxy) is 2. The molecule has 2 heterocycles. The standard InChI is InChI=1S/C19H28N2O5S/c1-14-12-16(25-2)17(26-3)13-18(14)27(23,24)21-11-5-4-8-15(21)19(22)20-9-6-7-10-20/h12-13,15H,4-11H2,1-3H3. The molecule has 2 saturated heterocycles. The molecule has 0 aliphatic carbocycles. The number of rotatable bonds is 5. The van der Waals surface area contributed by atoms with E-state index < -0.39 is 16.1 Å². The van der Waals surface area contributed by atoms with Crippen LogP contribution in [0.15, 0.2) is 17.0 Å². The highest BCUT2D eigenvalue weighted by molar-refractivity contribution is 7.89. The van der Waals surface area contributed by atoms with E-state index >= 15 is 0 Å². The molecule has 0 saturated carbocycles. The molecule has 0 radical (unpaired) electrons. The van der Waals surface area contributed by atoms with Gasteiger partial charge in [-0.05, 0) is 44.2 Å². The summed E-state index contributed by atoms with van der Waals surface area (Å²) in [4.78, 5) is 14.9. The zero-order valence-corrected chi connectivity index (χ0v) is 17.0. The second kappa shape index (κ2) is 8.06. The van der Waals surface area contributed by atoms with Gasteiger partial charge in [-0.1, -0.05) is 6.42 Å². The monoisotopic (exact) mass is 396 g/mol. The molecule has 3 rings (SSSR count). The fourth-order valence-electron chi connectivity index (χ4n) is 3.95. The highest BCUT2D eigenvalue weighted by atomic mass is 32.2. The molecule has 8 heteroatoms. The van der Waals surface area contributed by atoms with Gasteiger partial charge in [0.05, 0.1) is 19.1 Å². The Morgan fingerprint density at radius 1 is 1.00 bits per heavy atom. The number of carbonyl (C=O) groups excluding carboxylic acids is 1. The van der Waals surface area contributed by atoms with E-state index in [1.54, 1.807) is 17.9 Å². The molecule has 0 bridgehead atoms. The number of hydrogen-bond acceptors (Lipinski definition) is 5. The van der Waals surface area contributed by atoms with Crippen LogP contribution in [0.3, 0.4) is 0 Å². The van der Waals surface area contributed by atoms with Gasteiger partial charge in [-0.25, -0.2) is 8.42 Å². The lowest BCUT2D eigenvalue weighted by Gasteiger charge is -2.36. The van der Waals surface area contributed by atoms with Crippen LogP contribution in [0.25, 0.3) is 0 Å². The van der Waals surface area contributed by atoms with E-state index in [9.17, 15) is 13.2 Å². The first-order valence-electron chi connectivity index (χ1n) is 9.43. The molecule has 2 aliphatic rings. The van der Waals surface area contributed by atoms with Crippen molar-refractivity contribution in [2.45, 2.75) is 50.0 Å². The maximum atomic E-state index is 13.5. The number of likely N-dealkylation sites (tertiary alicyclic amines) is 1. The Labute approximate surface area is 161 Å². The molecule has 0 spiro atoms. The third-order valence-corrected chi connectivity index (χ3v) is 7.47. The predicted octanol–water partition coefficient (Wildman–Crippen LogP) is 2.18. The van der Waals surface area contributed by atoms with E-state index in [0.29, 0.717) is 30.0 Å². The maximum Gasteiger partial charge on any atom is 0.244 e. The Hall–Kier alpha value is -1.80. The normalized spacial score (nSPS) is 21.3. The average Bonchev–Trinajstić information content (AvgIpc) is 3.21. The zero-order valence-electron chi connectivity index (χ0n) is 16.2. The van der Waals surface area contributed by atoms with Crippen LogP contribution in [0, 0.1) is 6.92 Å². The number of amides is 1. The number of aryl methyl sites for hydroxylation is 1. The Kier molecular flexibility index (Phi) is 5.95. The van der Waals surface area contributed by atoms with Crippen LogP contribution in [0.2, 0.25) is 0 Å². The summed E-state index contributed by atoms with van der Waals surface area (Å²) in [6, 6.07) is 2.54. The van der Waals surface area contributed by atoms with Crippen molar-refractivity contribution >= 4 is 15.9 Å². The third-order valence-electron chi connectivity index (χ3n) is 5.42. The van der Waals surface area contributed by atoms with Crippen LogP contribution >= 0.6 is 0 Å². The second-order valence-electron chi connectivity index (χ2n) is 7.13. The van der Waals surface area contributed by atoms with Gasteiger partial charge in [-0.2, -0.15) is 4.31 Å². The third kappa shape index (κ3) is 3.78. The van der Waals surface area contributed by atoms with E-state index in [1.807, 2.05) is 0 Å². The van der Waals surface area contributed by atoms with Gasteiger partial charge in [0.25, 0.3) is 0 Å². The first kappa shape index (κ1) is 19.9. The summed E-state index contributed by atoms with van der Waals surface area (Å²) in [5.41, 5.74) is 0.575. The second-order valence-corrected chi connectivity index (χ2v) is 8.99. The van der Waals surface area contributed by atoms with Gasteiger partial charge in [-0.3, -0.25) is 4.79 Å². The van der Waals surface area contributed by atoms with Crippen molar-refractivity contribution in [3.8, 4) is 11.5 Å². The SMILES string of the molecule is COc1cc(C)c(S(=O)(=O)N2CCCCC2C(=O)N2CCCC2)cc1OC. The molecule has 1 unspecified atom stereocenters. The molecule has 0 N–H and O–H groups in total. The average molecular weight is 397 g/mol. The van der Waals surface area contributed by atoms with Crippen LogP contribution < -0.4 is 9.47 Å². The molecule has 1 amide bonds. The smallest absolute Gasteiger partial charge is 0.244 e. The Morgan fingerprint density at radius 2 is 1.59 bits per heavy atom. The van der Waals surface area contributed by atoms with E-state index in [-0.39, 0.29) is 10.8 Å². The topological polar surface area (TPSA) is 76.2 Å². The lowest BCUT2D eigenvalue weighted by Crippen LogP contribution is -2.52. The Balaban J connectivity index is 1.97. The van der Waals surface area contributed by atoms with Crippen molar-refractivity contribution in [1.29, 1.82) is 0 Å². The summed E-state index contributed by atoms with van der Waals surface area (Å²) in [5, 5.41) is 0. The summed E-state index contributed by atoms with van der Waals surface area (Å²) in [6.07, 6.45) is 4.16. The number of piperidine rings is 1. The fraction of sp³-hybridized carbons (Fsp3) is 0.632. The van der Waals surface area contributed by atoms with Crippen LogP contribution in [-0.2, 0) is 14.8 Å². The van der Waals surface area contributed by atoms with Gasteiger partial charge in [-0.15, -0.1) is 0 Å². The number of hydrogen-bond donors (Lipinski definition) is 0. The highest BCUT2D eigenvalue weighted by Crippen LogP contribution is 2.35. The summed E-state index contributed by atoms with van der Waals surface area (Å²) >= 11 is 0. The molecule has 150 valence electrons. The number of sulfonamides is 1. The van der Waals surface area contributed by atoms with Crippen molar-refractivity contribution in [2.75, 3.05) is 33.9 Å². The fourth-order valence-corrected chi connectivity index (χ4v) is 5.83. The van der Waals surface area contributed by atoms with Crippen molar-refractivity contribution < 1.29 is 22.7 Å². The molecule has 27 heavy (non-hydrogen) atoms. The van der Waals surface area contributed by atoms with Crippen molar-refractivity contribution in [1.82, 2.24) is 9.21 Å². The van der Waals surface area contributed by atoms with Gasteiger partial charge in [0.15, 0.2) is 11.5 Å². The predicted molar refractivity (Wildman–Crippen MR) is 102 cm³/mol. The molecular weight excluding hydrogens is 368 g/mol. The van der Waals surface area contributed by atoms with Crippen LogP contribution in [0.5, 0.6) is 11.5 Å². The van der Waals surface area contributed by atoms with Gasteiger partial charge in [0.2, 0.25) is 15.9 Å². The van der Waals surface area contributed by atoms with E-state index in [1.165, 1.54) is 24.6 Å². The summed E-state index contributed by atoms with van der Waals surface area (Å²) < 4.78 is 38.9. The van der Waals surface area contributed by atoms with Gasteiger partial charge in [0, 0.05) is 25.7 Å². The molecule has 2 fully saturated rings. The largest absolute Gasteiger partial charge is 0.493 e. The summed E-state index contributed by atoms with van der Waals surface area (Å²) in [7, 11) is -0.833. The minimum Gasteiger partial charge on any atom is -0.493 e. The summed E-state index contributed by atoms with van der Waals surface area (Å²) in [5.74, 6) is 0.785. The van der Waals surface area contributed by atoms with Crippen LogP contribution in [0.4, 0.5) is 0 Å². The van der Waals surface area contributed by atoms with E-state index in [0.717, 1.165) is 38.8 Å². The van der Waals surface area contributed by atoms with Gasteiger partial charge < -0.3 is 14.4 Å². The van der Waals surface area contributed by atoms with Crippen LogP contribution in [-0.4, -0.2) is 63.4 Å². The first-order chi connectivity index (χ1) is 12.9. The van der Waals surface area contributed by atoms with Crippen molar-refractivity contribution in [3.05, 3.63) is 17.7 Å². The molecule has 1 aromatic carbocycles. The number of carbonyl (C=O) groups is 1. The van der Waals surface area contributed by atoms with Gasteiger partial charge >= 0.3 is 0 Å². The minimum atomic E-state index is -3.82. The van der Waals surface area contributed by atoms with E-state index in [2.05, 4.69) is 0 Å². The zero-order chi connectivity index (χ0) is 19.6.